The van der Waals surface area contributed by atoms with Crippen LogP contribution >= 0.6 is 11.3 Å². The van der Waals surface area contributed by atoms with E-state index in [1.807, 2.05) is 18.4 Å². The molecule has 1 amide bonds. The van der Waals surface area contributed by atoms with Gasteiger partial charge >= 0.3 is 0 Å². The van der Waals surface area contributed by atoms with E-state index in [4.69, 9.17) is 4.42 Å². The molecule has 0 saturated carbocycles. The first-order valence-corrected chi connectivity index (χ1v) is 6.66. The Hall–Kier alpha value is -1.59. The maximum atomic E-state index is 11.9. The molecule has 0 aliphatic carbocycles. The maximum absolute atomic E-state index is 11.9. The third kappa shape index (κ3) is 2.80. The minimum atomic E-state index is -0.811. The number of thiophene rings is 1. The Kier molecular flexibility index (Phi) is 4.17. The Balaban J connectivity index is 1.93. The predicted octanol–water partition coefficient (Wildman–Crippen LogP) is 2.37. The number of furan rings is 1. The minimum absolute atomic E-state index is 0.146. The van der Waals surface area contributed by atoms with Crippen molar-refractivity contribution in [1.29, 1.82) is 0 Å². The molecule has 0 bridgehead atoms. The highest BCUT2D eigenvalue weighted by molar-refractivity contribution is 7.12. The first-order valence-electron chi connectivity index (χ1n) is 5.78. The molecule has 5 heteroatoms. The summed E-state index contributed by atoms with van der Waals surface area (Å²) in [6.07, 6.45) is 1.51. The first kappa shape index (κ1) is 12.9. The molecule has 2 rings (SSSR count). The van der Waals surface area contributed by atoms with E-state index in [9.17, 15) is 9.90 Å². The lowest BCUT2D eigenvalue weighted by atomic mass is 10.2. The normalized spacial score (nSPS) is 12.3. The zero-order valence-electron chi connectivity index (χ0n) is 10.1. The summed E-state index contributed by atoms with van der Waals surface area (Å²) in [5.41, 5.74) is 1.03. The van der Waals surface area contributed by atoms with E-state index in [2.05, 4.69) is 5.32 Å². The van der Waals surface area contributed by atoms with Crippen LogP contribution in [-0.4, -0.2) is 17.6 Å². The van der Waals surface area contributed by atoms with Crippen LogP contribution in [0.1, 0.15) is 34.0 Å². The van der Waals surface area contributed by atoms with Gasteiger partial charge in [-0.3, -0.25) is 4.79 Å². The van der Waals surface area contributed by atoms with Crippen LogP contribution in [-0.2, 0) is 6.42 Å². The lowest BCUT2D eigenvalue weighted by molar-refractivity contribution is 0.0904. The van der Waals surface area contributed by atoms with E-state index in [1.165, 1.54) is 17.6 Å². The summed E-state index contributed by atoms with van der Waals surface area (Å²) in [6.45, 7) is 2.16. The molecule has 2 aromatic heterocycles. The lowest BCUT2D eigenvalue weighted by Crippen LogP contribution is -2.28. The molecule has 1 atom stereocenters. The van der Waals surface area contributed by atoms with Crippen molar-refractivity contribution in [3.63, 3.8) is 0 Å². The van der Waals surface area contributed by atoms with Crippen LogP contribution < -0.4 is 5.32 Å². The van der Waals surface area contributed by atoms with Gasteiger partial charge in [-0.1, -0.05) is 6.92 Å². The zero-order chi connectivity index (χ0) is 13.0. The zero-order valence-corrected chi connectivity index (χ0v) is 10.9. The number of carbonyl (C=O) groups is 1. The van der Waals surface area contributed by atoms with Crippen LogP contribution in [0.15, 0.2) is 34.3 Å². The van der Waals surface area contributed by atoms with Crippen molar-refractivity contribution >= 4 is 17.2 Å². The smallest absolute Gasteiger partial charge is 0.261 e. The molecule has 1 unspecified atom stereocenters. The van der Waals surface area contributed by atoms with Crippen molar-refractivity contribution in [1.82, 2.24) is 5.32 Å². The van der Waals surface area contributed by atoms with Gasteiger partial charge in [-0.15, -0.1) is 11.3 Å². The summed E-state index contributed by atoms with van der Waals surface area (Å²) < 4.78 is 5.06. The van der Waals surface area contributed by atoms with Crippen molar-refractivity contribution in [2.24, 2.45) is 0 Å². The van der Waals surface area contributed by atoms with Crippen LogP contribution in [0.4, 0.5) is 0 Å². The van der Waals surface area contributed by atoms with Gasteiger partial charge in [0.2, 0.25) is 0 Å². The molecule has 18 heavy (non-hydrogen) atoms. The maximum Gasteiger partial charge on any atom is 0.261 e. The Labute approximate surface area is 109 Å². The van der Waals surface area contributed by atoms with Gasteiger partial charge in [-0.25, -0.2) is 0 Å². The summed E-state index contributed by atoms with van der Waals surface area (Å²) >= 11 is 1.41. The molecule has 2 N–H and O–H groups in total. The Morgan fingerprint density at radius 2 is 2.39 bits per heavy atom. The topological polar surface area (TPSA) is 62.5 Å². The summed E-state index contributed by atoms with van der Waals surface area (Å²) in [7, 11) is 0. The van der Waals surface area contributed by atoms with Crippen molar-refractivity contribution in [3.05, 3.63) is 46.0 Å². The molecule has 0 aliphatic heterocycles. The van der Waals surface area contributed by atoms with Crippen LogP contribution in [0, 0.1) is 0 Å². The molecule has 0 aromatic carbocycles. The highest BCUT2D eigenvalue weighted by atomic mass is 32.1. The SMILES string of the molecule is CCc1ccsc1C(=O)NCC(O)c1ccco1. The van der Waals surface area contributed by atoms with E-state index in [0.29, 0.717) is 10.6 Å². The number of aliphatic hydroxyl groups excluding tert-OH is 1. The van der Waals surface area contributed by atoms with Crippen molar-refractivity contribution < 1.29 is 14.3 Å². The van der Waals surface area contributed by atoms with Gasteiger partial charge in [0.05, 0.1) is 17.7 Å². The second-order valence-corrected chi connectivity index (χ2v) is 4.79. The molecule has 2 heterocycles. The van der Waals surface area contributed by atoms with E-state index in [0.717, 1.165) is 12.0 Å². The van der Waals surface area contributed by atoms with Crippen LogP contribution in [0.5, 0.6) is 0 Å². The number of nitrogens with one attached hydrogen (secondary N) is 1. The highest BCUT2D eigenvalue weighted by Gasteiger charge is 2.15. The number of rotatable bonds is 5. The third-order valence-electron chi connectivity index (χ3n) is 2.66. The number of amides is 1. The molecular weight excluding hydrogens is 250 g/mol. The van der Waals surface area contributed by atoms with E-state index in [-0.39, 0.29) is 12.5 Å². The number of aryl methyl sites for hydroxylation is 1. The van der Waals surface area contributed by atoms with Gasteiger partial charge < -0.3 is 14.8 Å². The van der Waals surface area contributed by atoms with Gasteiger partial charge in [-0.2, -0.15) is 0 Å². The second kappa shape index (κ2) is 5.84. The molecule has 0 spiro atoms. The Morgan fingerprint density at radius 3 is 3.06 bits per heavy atom. The van der Waals surface area contributed by atoms with Gasteiger partial charge in [-0.05, 0) is 35.6 Å². The largest absolute Gasteiger partial charge is 0.467 e. The summed E-state index contributed by atoms with van der Waals surface area (Å²) in [5.74, 6) is 0.310. The first-order chi connectivity index (χ1) is 8.72. The third-order valence-corrected chi connectivity index (χ3v) is 3.62. The fraction of sp³-hybridized carbons (Fsp3) is 0.308. The van der Waals surface area contributed by atoms with Gasteiger partial charge in [0.25, 0.3) is 5.91 Å². The Morgan fingerprint density at radius 1 is 1.56 bits per heavy atom. The van der Waals surface area contributed by atoms with Gasteiger partial charge in [0.15, 0.2) is 0 Å². The second-order valence-electron chi connectivity index (χ2n) is 3.87. The fourth-order valence-corrected chi connectivity index (χ4v) is 2.58. The standard InChI is InChI=1S/C13H15NO3S/c1-2-9-5-7-18-12(9)13(16)14-8-10(15)11-4-3-6-17-11/h3-7,10,15H,2,8H2,1H3,(H,14,16). The number of carbonyl (C=O) groups excluding carboxylic acids is 1. The molecule has 0 saturated heterocycles. The van der Waals surface area contributed by atoms with Crippen molar-refractivity contribution in [2.45, 2.75) is 19.4 Å². The van der Waals surface area contributed by atoms with Crippen molar-refractivity contribution in [2.75, 3.05) is 6.54 Å². The Bertz CT molecular complexity index is 504. The molecule has 0 fully saturated rings. The summed E-state index contributed by atoms with van der Waals surface area (Å²) in [4.78, 5) is 12.6. The molecule has 96 valence electrons. The van der Waals surface area contributed by atoms with Gasteiger partial charge in [0.1, 0.15) is 11.9 Å². The average Bonchev–Trinajstić information content (AvgIpc) is 3.04. The molecule has 2 aromatic rings. The van der Waals surface area contributed by atoms with Crippen LogP contribution in [0.25, 0.3) is 0 Å². The number of hydrogen-bond acceptors (Lipinski definition) is 4. The summed E-state index contributed by atoms with van der Waals surface area (Å²) in [5, 5.41) is 14.4. The lowest BCUT2D eigenvalue weighted by Gasteiger charge is -2.09. The van der Waals surface area contributed by atoms with Crippen molar-refractivity contribution in [3.8, 4) is 0 Å². The number of aliphatic hydroxyl groups is 1. The monoisotopic (exact) mass is 265 g/mol. The molecule has 0 aliphatic rings. The summed E-state index contributed by atoms with van der Waals surface area (Å²) in [6, 6.07) is 5.33. The average molecular weight is 265 g/mol. The predicted molar refractivity (Wildman–Crippen MR) is 69.7 cm³/mol. The molecule has 0 radical (unpaired) electrons. The quantitative estimate of drug-likeness (QED) is 0.872. The van der Waals surface area contributed by atoms with Crippen LogP contribution in [0.3, 0.4) is 0 Å². The van der Waals surface area contributed by atoms with E-state index < -0.39 is 6.10 Å². The van der Waals surface area contributed by atoms with Crippen LogP contribution in [0.2, 0.25) is 0 Å². The molecule has 4 nitrogen and oxygen atoms in total. The molecular formula is C13H15NO3S. The van der Waals surface area contributed by atoms with Gasteiger partial charge in [0, 0.05) is 0 Å². The fourth-order valence-electron chi connectivity index (χ4n) is 1.66. The highest BCUT2D eigenvalue weighted by Crippen LogP contribution is 2.18. The van der Waals surface area contributed by atoms with E-state index >= 15 is 0 Å². The number of hydrogen-bond donors (Lipinski definition) is 2. The van der Waals surface area contributed by atoms with E-state index in [1.54, 1.807) is 12.1 Å². The minimum Gasteiger partial charge on any atom is -0.467 e.